The van der Waals surface area contributed by atoms with Gasteiger partial charge in [-0.15, -0.1) is 0 Å². The average molecular weight is 372 g/mol. The second kappa shape index (κ2) is 8.74. The Balaban J connectivity index is 1.47. The van der Waals surface area contributed by atoms with Gasteiger partial charge in [-0.05, 0) is 30.4 Å². The molecule has 0 bridgehead atoms. The number of hydrogen-bond donors (Lipinski definition) is 3. The van der Waals surface area contributed by atoms with Gasteiger partial charge >= 0.3 is 0 Å². The summed E-state index contributed by atoms with van der Waals surface area (Å²) in [5, 5.41) is 6.88. The molecule has 27 heavy (non-hydrogen) atoms. The maximum absolute atomic E-state index is 6.08. The number of hydrogen-bond acceptors (Lipinski definition) is 3. The lowest BCUT2D eigenvalue weighted by Gasteiger charge is -2.40. The van der Waals surface area contributed by atoms with Crippen molar-refractivity contribution in [3.05, 3.63) is 30.1 Å². The molecule has 148 valence electrons. The fourth-order valence-corrected chi connectivity index (χ4v) is 3.88. The van der Waals surface area contributed by atoms with Gasteiger partial charge in [0.2, 0.25) is 0 Å². The maximum atomic E-state index is 6.08. The summed E-state index contributed by atoms with van der Waals surface area (Å²) in [6, 6.07) is 8.11. The van der Waals surface area contributed by atoms with Crippen LogP contribution in [0.5, 0.6) is 0 Å². The SMILES string of the molecule is CN=C(NCCc1nc2ccccc2[nH]1)NCC1CCCOC1C(C)(C)C. The molecular formula is C21H33N5O. The number of para-hydroxylation sites is 2. The number of aliphatic imine (C=N–C) groups is 1. The first-order chi connectivity index (χ1) is 13.0. The predicted octanol–water partition coefficient (Wildman–Crippen LogP) is 3.11. The van der Waals surface area contributed by atoms with Crippen LogP contribution in [-0.2, 0) is 11.2 Å². The van der Waals surface area contributed by atoms with Crippen LogP contribution in [0.1, 0.15) is 39.4 Å². The summed E-state index contributed by atoms with van der Waals surface area (Å²) in [6.45, 7) is 9.32. The highest BCUT2D eigenvalue weighted by molar-refractivity contribution is 5.79. The lowest BCUT2D eigenvalue weighted by Crippen LogP contribution is -2.47. The lowest BCUT2D eigenvalue weighted by molar-refractivity contribution is -0.0835. The first-order valence-electron chi connectivity index (χ1n) is 9.97. The minimum Gasteiger partial charge on any atom is -0.377 e. The fraction of sp³-hybridized carbons (Fsp3) is 0.619. The summed E-state index contributed by atoms with van der Waals surface area (Å²) in [6.07, 6.45) is 3.45. The van der Waals surface area contributed by atoms with Crippen LogP contribution in [0, 0.1) is 11.3 Å². The van der Waals surface area contributed by atoms with E-state index in [-0.39, 0.29) is 11.5 Å². The van der Waals surface area contributed by atoms with Crippen molar-refractivity contribution < 1.29 is 4.74 Å². The number of fused-ring (bicyclic) bond motifs is 1. The molecule has 6 heteroatoms. The first kappa shape index (κ1) is 19.7. The zero-order valence-corrected chi connectivity index (χ0v) is 17.0. The third-order valence-corrected chi connectivity index (χ3v) is 5.15. The van der Waals surface area contributed by atoms with Gasteiger partial charge in [0.1, 0.15) is 5.82 Å². The highest BCUT2D eigenvalue weighted by Gasteiger charge is 2.35. The Morgan fingerprint density at radius 1 is 1.30 bits per heavy atom. The molecular weight excluding hydrogens is 338 g/mol. The molecule has 1 aromatic carbocycles. The van der Waals surface area contributed by atoms with Crippen molar-refractivity contribution >= 4 is 17.0 Å². The van der Waals surface area contributed by atoms with Crippen LogP contribution in [0.2, 0.25) is 0 Å². The number of H-pyrrole nitrogens is 1. The smallest absolute Gasteiger partial charge is 0.191 e. The van der Waals surface area contributed by atoms with E-state index in [0.29, 0.717) is 5.92 Å². The number of benzene rings is 1. The molecule has 0 saturated carbocycles. The minimum absolute atomic E-state index is 0.158. The Morgan fingerprint density at radius 2 is 2.11 bits per heavy atom. The van der Waals surface area contributed by atoms with E-state index in [9.17, 15) is 0 Å². The van der Waals surface area contributed by atoms with Crippen LogP contribution in [0.25, 0.3) is 11.0 Å². The van der Waals surface area contributed by atoms with E-state index in [0.717, 1.165) is 55.4 Å². The molecule has 1 aromatic heterocycles. The number of nitrogens with one attached hydrogen (secondary N) is 3. The molecule has 2 heterocycles. The van der Waals surface area contributed by atoms with E-state index in [4.69, 9.17) is 4.74 Å². The van der Waals surface area contributed by atoms with Gasteiger partial charge in [0.05, 0.1) is 17.1 Å². The molecule has 3 N–H and O–H groups in total. The van der Waals surface area contributed by atoms with Crippen LogP contribution in [0.15, 0.2) is 29.3 Å². The summed E-state index contributed by atoms with van der Waals surface area (Å²) < 4.78 is 6.08. The van der Waals surface area contributed by atoms with Gasteiger partial charge in [-0.25, -0.2) is 4.98 Å². The highest BCUT2D eigenvalue weighted by atomic mass is 16.5. The van der Waals surface area contributed by atoms with Crippen molar-refractivity contribution in [2.75, 3.05) is 26.7 Å². The van der Waals surface area contributed by atoms with Crippen LogP contribution in [0.3, 0.4) is 0 Å². The van der Waals surface area contributed by atoms with E-state index in [1.807, 2.05) is 25.2 Å². The Morgan fingerprint density at radius 3 is 2.85 bits per heavy atom. The van der Waals surface area contributed by atoms with E-state index >= 15 is 0 Å². The molecule has 6 nitrogen and oxygen atoms in total. The molecule has 2 unspecified atom stereocenters. The Bertz CT molecular complexity index is 728. The van der Waals surface area contributed by atoms with Gasteiger partial charge in [0.25, 0.3) is 0 Å². The van der Waals surface area contributed by atoms with Gasteiger partial charge in [-0.3, -0.25) is 4.99 Å². The molecule has 2 atom stereocenters. The second-order valence-corrected chi connectivity index (χ2v) is 8.39. The van der Waals surface area contributed by atoms with Gasteiger partial charge in [0, 0.05) is 39.1 Å². The molecule has 1 fully saturated rings. The monoisotopic (exact) mass is 371 g/mol. The molecule has 0 aliphatic carbocycles. The summed E-state index contributed by atoms with van der Waals surface area (Å²) in [4.78, 5) is 12.3. The number of rotatable bonds is 5. The van der Waals surface area contributed by atoms with Crippen molar-refractivity contribution in [2.24, 2.45) is 16.3 Å². The topological polar surface area (TPSA) is 74.3 Å². The normalized spacial score (nSPS) is 21.4. The summed E-state index contributed by atoms with van der Waals surface area (Å²) in [7, 11) is 1.81. The molecule has 3 rings (SSSR count). The highest BCUT2D eigenvalue weighted by Crippen LogP contribution is 2.33. The van der Waals surface area contributed by atoms with Gasteiger partial charge < -0.3 is 20.4 Å². The molecule has 0 amide bonds. The summed E-state index contributed by atoms with van der Waals surface area (Å²) in [5.41, 5.74) is 2.26. The standard InChI is InChI=1S/C21H33N5O/c1-21(2,3)19-15(8-7-13-27-19)14-24-20(22-4)23-12-11-18-25-16-9-5-6-10-17(16)26-18/h5-6,9-10,15,19H,7-8,11-14H2,1-4H3,(H,25,26)(H2,22,23,24). The van der Waals surface area contributed by atoms with Crippen LogP contribution >= 0.6 is 0 Å². The van der Waals surface area contributed by atoms with Crippen molar-refractivity contribution in [1.29, 1.82) is 0 Å². The largest absolute Gasteiger partial charge is 0.377 e. The van der Waals surface area contributed by atoms with E-state index < -0.39 is 0 Å². The van der Waals surface area contributed by atoms with Crippen LogP contribution in [0.4, 0.5) is 0 Å². The molecule has 1 saturated heterocycles. The summed E-state index contributed by atoms with van der Waals surface area (Å²) >= 11 is 0. The number of nitrogens with zero attached hydrogens (tertiary/aromatic N) is 2. The molecule has 0 radical (unpaired) electrons. The third kappa shape index (κ3) is 5.22. The number of aromatic amines is 1. The predicted molar refractivity (Wildman–Crippen MR) is 111 cm³/mol. The van der Waals surface area contributed by atoms with Gasteiger partial charge in [-0.1, -0.05) is 32.9 Å². The van der Waals surface area contributed by atoms with Crippen molar-refractivity contribution in [3.8, 4) is 0 Å². The van der Waals surface area contributed by atoms with E-state index in [2.05, 4.69) is 52.4 Å². The van der Waals surface area contributed by atoms with Gasteiger partial charge in [0.15, 0.2) is 5.96 Å². The molecule has 0 spiro atoms. The first-order valence-corrected chi connectivity index (χ1v) is 9.97. The maximum Gasteiger partial charge on any atom is 0.191 e. The number of imidazole rings is 1. The minimum atomic E-state index is 0.158. The number of ether oxygens (including phenoxy) is 1. The van der Waals surface area contributed by atoms with Crippen LogP contribution in [-0.4, -0.2) is 48.8 Å². The van der Waals surface area contributed by atoms with Gasteiger partial charge in [-0.2, -0.15) is 0 Å². The van der Waals surface area contributed by atoms with E-state index in [1.54, 1.807) is 0 Å². The van der Waals surface area contributed by atoms with E-state index in [1.165, 1.54) is 6.42 Å². The third-order valence-electron chi connectivity index (χ3n) is 5.15. The zero-order chi connectivity index (χ0) is 19.3. The number of aromatic nitrogens is 2. The van der Waals surface area contributed by atoms with Crippen LogP contribution < -0.4 is 10.6 Å². The number of guanidine groups is 1. The average Bonchev–Trinajstić information content (AvgIpc) is 3.06. The zero-order valence-electron chi connectivity index (χ0n) is 17.0. The Labute approximate surface area is 162 Å². The Hall–Kier alpha value is -2.08. The Kier molecular flexibility index (Phi) is 6.37. The van der Waals surface area contributed by atoms with Crippen molar-refractivity contribution in [3.63, 3.8) is 0 Å². The lowest BCUT2D eigenvalue weighted by atomic mass is 9.78. The summed E-state index contributed by atoms with van der Waals surface area (Å²) in [5.74, 6) is 2.34. The quantitative estimate of drug-likeness (QED) is 0.558. The molecule has 1 aliphatic rings. The van der Waals surface area contributed by atoms with Crippen molar-refractivity contribution in [1.82, 2.24) is 20.6 Å². The molecule has 2 aromatic rings. The second-order valence-electron chi connectivity index (χ2n) is 8.39. The molecule has 1 aliphatic heterocycles. The van der Waals surface area contributed by atoms with Crippen molar-refractivity contribution in [2.45, 2.75) is 46.1 Å². The fourth-order valence-electron chi connectivity index (χ4n) is 3.88.